The van der Waals surface area contributed by atoms with E-state index in [4.69, 9.17) is 9.47 Å². The molecule has 1 aliphatic heterocycles. The number of nitrogens with zero attached hydrogens (tertiary/aromatic N) is 2. The van der Waals surface area contributed by atoms with Gasteiger partial charge in [-0.1, -0.05) is 12.1 Å². The van der Waals surface area contributed by atoms with Crippen LogP contribution in [-0.2, 0) is 22.7 Å². The first-order chi connectivity index (χ1) is 16.5. The minimum absolute atomic E-state index is 0.0283. The standard InChI is InChI=1S/C24H28F3N3O5/c1-14-20(15(2)29(3)21(14)22(32)34-4)19(31)13-30(12-16-8-7-11-35-16)23(33)28-18-10-6-5-9-17(18)24(25,26)27/h5-6,9-10,16H,7-8,11-13H2,1-4H3,(H,28,33). The van der Waals surface area contributed by atoms with E-state index < -0.39 is 41.8 Å². The van der Waals surface area contributed by atoms with Crippen molar-refractivity contribution in [2.75, 3.05) is 32.1 Å². The molecule has 0 radical (unpaired) electrons. The number of carbonyl (C=O) groups is 3. The molecule has 1 saturated heterocycles. The van der Waals surface area contributed by atoms with Crippen LogP contribution in [0, 0.1) is 13.8 Å². The Balaban J connectivity index is 1.90. The maximum Gasteiger partial charge on any atom is 0.418 e. The Morgan fingerprint density at radius 2 is 1.91 bits per heavy atom. The molecule has 3 rings (SSSR count). The Hall–Kier alpha value is -3.34. The number of nitrogens with one attached hydrogen (secondary N) is 1. The largest absolute Gasteiger partial charge is 0.464 e. The lowest BCUT2D eigenvalue weighted by atomic mass is 10.0. The minimum Gasteiger partial charge on any atom is -0.464 e. The Morgan fingerprint density at radius 1 is 1.23 bits per heavy atom. The van der Waals surface area contributed by atoms with Crippen LogP contribution in [0.4, 0.5) is 23.7 Å². The molecule has 2 aromatic rings. The average Bonchev–Trinajstić information content (AvgIpc) is 3.38. The lowest BCUT2D eigenvalue weighted by Gasteiger charge is -2.26. The van der Waals surface area contributed by atoms with Crippen LogP contribution in [0.1, 0.15) is 50.5 Å². The number of benzene rings is 1. The monoisotopic (exact) mass is 495 g/mol. The topological polar surface area (TPSA) is 89.9 Å². The number of esters is 1. The molecule has 1 aliphatic rings. The van der Waals surface area contributed by atoms with Gasteiger partial charge >= 0.3 is 18.2 Å². The number of para-hydroxylation sites is 1. The normalized spacial score (nSPS) is 15.7. The molecule has 1 aromatic carbocycles. The van der Waals surface area contributed by atoms with Crippen molar-refractivity contribution in [3.05, 3.63) is 52.3 Å². The van der Waals surface area contributed by atoms with Gasteiger partial charge in [-0.25, -0.2) is 9.59 Å². The van der Waals surface area contributed by atoms with Crippen LogP contribution in [0.2, 0.25) is 0 Å². The second-order valence-corrected chi connectivity index (χ2v) is 8.40. The summed E-state index contributed by atoms with van der Waals surface area (Å²) in [4.78, 5) is 39.8. The van der Waals surface area contributed by atoms with Crippen LogP contribution in [0.25, 0.3) is 0 Å². The van der Waals surface area contributed by atoms with Crippen molar-refractivity contribution in [2.45, 2.75) is 39.0 Å². The third kappa shape index (κ3) is 5.67. The molecule has 190 valence electrons. The molecule has 1 aromatic heterocycles. The minimum atomic E-state index is -4.67. The molecule has 1 atom stereocenters. The van der Waals surface area contributed by atoms with Gasteiger partial charge in [0, 0.05) is 31.5 Å². The molecule has 0 aliphatic carbocycles. The SMILES string of the molecule is COC(=O)c1c(C)c(C(=O)CN(CC2CCCO2)C(=O)Nc2ccccc2C(F)(F)F)c(C)n1C. The van der Waals surface area contributed by atoms with Crippen LogP contribution in [0.15, 0.2) is 24.3 Å². The molecule has 2 amide bonds. The summed E-state index contributed by atoms with van der Waals surface area (Å²) < 4.78 is 52.1. The van der Waals surface area contributed by atoms with Gasteiger partial charge in [0.1, 0.15) is 5.69 Å². The molecule has 35 heavy (non-hydrogen) atoms. The van der Waals surface area contributed by atoms with Gasteiger partial charge in [-0.05, 0) is 44.4 Å². The van der Waals surface area contributed by atoms with E-state index in [-0.39, 0.29) is 23.9 Å². The molecule has 1 fully saturated rings. The summed E-state index contributed by atoms with van der Waals surface area (Å²) in [5, 5.41) is 2.30. The number of ether oxygens (including phenoxy) is 2. The average molecular weight is 495 g/mol. The van der Waals surface area contributed by atoms with Gasteiger partial charge in [0.25, 0.3) is 0 Å². The fourth-order valence-electron chi connectivity index (χ4n) is 4.31. The number of carbonyl (C=O) groups excluding carboxylic acids is 3. The number of methoxy groups -OCH3 is 1. The lowest BCUT2D eigenvalue weighted by molar-refractivity contribution is -0.136. The van der Waals surface area contributed by atoms with E-state index in [1.807, 2.05) is 0 Å². The number of rotatable bonds is 7. The van der Waals surface area contributed by atoms with E-state index in [0.717, 1.165) is 23.5 Å². The van der Waals surface area contributed by atoms with Crippen molar-refractivity contribution in [3.63, 3.8) is 0 Å². The summed E-state index contributed by atoms with van der Waals surface area (Å²) in [5.74, 6) is -1.06. The Morgan fingerprint density at radius 3 is 2.51 bits per heavy atom. The van der Waals surface area contributed by atoms with E-state index in [9.17, 15) is 27.6 Å². The van der Waals surface area contributed by atoms with Crippen LogP contribution in [0.3, 0.4) is 0 Å². The summed E-state index contributed by atoms with van der Waals surface area (Å²) >= 11 is 0. The maximum atomic E-state index is 13.4. The molecular weight excluding hydrogens is 467 g/mol. The highest BCUT2D eigenvalue weighted by atomic mass is 19.4. The van der Waals surface area contributed by atoms with Crippen molar-refractivity contribution >= 4 is 23.5 Å². The number of aromatic nitrogens is 1. The molecule has 2 heterocycles. The zero-order chi connectivity index (χ0) is 25.9. The first-order valence-electron chi connectivity index (χ1n) is 11.1. The highest BCUT2D eigenvalue weighted by Crippen LogP contribution is 2.34. The van der Waals surface area contributed by atoms with E-state index in [1.54, 1.807) is 25.5 Å². The van der Waals surface area contributed by atoms with Crippen LogP contribution in [0.5, 0.6) is 0 Å². The van der Waals surface area contributed by atoms with Crippen molar-refractivity contribution in [1.82, 2.24) is 9.47 Å². The molecular formula is C24H28F3N3O5. The van der Waals surface area contributed by atoms with Gasteiger partial charge in [-0.3, -0.25) is 4.79 Å². The van der Waals surface area contributed by atoms with Crippen LogP contribution >= 0.6 is 0 Å². The molecule has 0 saturated carbocycles. The summed E-state index contributed by atoms with van der Waals surface area (Å²) in [6, 6.07) is 3.78. The number of alkyl halides is 3. The van der Waals surface area contributed by atoms with E-state index in [0.29, 0.717) is 24.3 Å². The third-order valence-electron chi connectivity index (χ3n) is 6.13. The van der Waals surface area contributed by atoms with Gasteiger partial charge in [-0.15, -0.1) is 0 Å². The predicted molar refractivity (Wildman–Crippen MR) is 122 cm³/mol. The lowest BCUT2D eigenvalue weighted by Crippen LogP contribution is -2.43. The second-order valence-electron chi connectivity index (χ2n) is 8.40. The van der Waals surface area contributed by atoms with Crippen molar-refractivity contribution < 1.29 is 37.0 Å². The number of anilines is 1. The zero-order valence-electron chi connectivity index (χ0n) is 20.0. The van der Waals surface area contributed by atoms with Gasteiger partial charge in [0.05, 0.1) is 31.0 Å². The molecule has 0 bridgehead atoms. The Kier molecular flexibility index (Phi) is 7.89. The number of hydrogen-bond donors (Lipinski definition) is 1. The number of Topliss-reactive ketones (excluding diaryl/α,β-unsaturated/α-hetero) is 1. The number of ketones is 1. The molecule has 0 spiro atoms. The van der Waals surface area contributed by atoms with Gasteiger partial charge in [-0.2, -0.15) is 13.2 Å². The summed E-state index contributed by atoms with van der Waals surface area (Å²) in [6.07, 6.45) is -3.56. The van der Waals surface area contributed by atoms with E-state index in [2.05, 4.69) is 5.32 Å². The van der Waals surface area contributed by atoms with Crippen LogP contribution in [-0.4, -0.2) is 60.2 Å². The van der Waals surface area contributed by atoms with Gasteiger partial charge < -0.3 is 24.3 Å². The second kappa shape index (κ2) is 10.5. The van der Waals surface area contributed by atoms with Crippen molar-refractivity contribution in [1.29, 1.82) is 0 Å². The zero-order valence-corrected chi connectivity index (χ0v) is 20.0. The smallest absolute Gasteiger partial charge is 0.418 e. The van der Waals surface area contributed by atoms with Gasteiger partial charge in [0.15, 0.2) is 5.78 Å². The molecule has 8 nitrogen and oxygen atoms in total. The van der Waals surface area contributed by atoms with Gasteiger partial charge in [0.2, 0.25) is 0 Å². The number of hydrogen-bond acceptors (Lipinski definition) is 5. The third-order valence-corrected chi connectivity index (χ3v) is 6.13. The Labute approximate surface area is 201 Å². The van der Waals surface area contributed by atoms with Crippen LogP contribution < -0.4 is 5.32 Å². The number of amides is 2. The maximum absolute atomic E-state index is 13.4. The fourth-order valence-corrected chi connectivity index (χ4v) is 4.31. The summed E-state index contributed by atoms with van der Waals surface area (Å²) in [5.41, 5.74) is -0.0186. The van der Waals surface area contributed by atoms with Crippen molar-refractivity contribution in [2.24, 2.45) is 7.05 Å². The number of halogens is 3. The first kappa shape index (κ1) is 26.3. The van der Waals surface area contributed by atoms with E-state index >= 15 is 0 Å². The predicted octanol–water partition coefficient (Wildman–Crippen LogP) is 4.34. The Bertz CT molecular complexity index is 1120. The number of urea groups is 1. The molecule has 1 unspecified atom stereocenters. The van der Waals surface area contributed by atoms with Crippen molar-refractivity contribution in [3.8, 4) is 0 Å². The summed E-state index contributed by atoms with van der Waals surface area (Å²) in [6.45, 7) is 3.39. The highest BCUT2D eigenvalue weighted by Gasteiger charge is 2.35. The molecule has 1 N–H and O–H groups in total. The first-order valence-corrected chi connectivity index (χ1v) is 11.1. The van der Waals surface area contributed by atoms with E-state index in [1.165, 1.54) is 19.2 Å². The quantitative estimate of drug-likeness (QED) is 0.456. The summed E-state index contributed by atoms with van der Waals surface area (Å²) in [7, 11) is 2.86. The fraction of sp³-hybridized carbons (Fsp3) is 0.458. The molecule has 11 heteroatoms. The highest BCUT2D eigenvalue weighted by molar-refractivity contribution is 6.05.